The third kappa shape index (κ3) is 2.99. The van der Waals surface area contributed by atoms with Gasteiger partial charge in [-0.15, -0.1) is 0 Å². The Morgan fingerprint density at radius 2 is 2.10 bits per heavy atom. The van der Waals surface area contributed by atoms with E-state index in [1.807, 2.05) is 42.7 Å². The topological polar surface area (TPSA) is 66.0 Å². The fourth-order valence-electron chi connectivity index (χ4n) is 2.24. The summed E-state index contributed by atoms with van der Waals surface area (Å²) in [6, 6.07) is 10.9. The second kappa shape index (κ2) is 5.86. The number of aliphatic carboxylic acids is 1. The van der Waals surface area contributed by atoms with Crippen molar-refractivity contribution in [3.63, 3.8) is 0 Å². The molecule has 106 valence electrons. The summed E-state index contributed by atoms with van der Waals surface area (Å²) >= 11 is 6.01. The average molecular weight is 301 g/mol. The van der Waals surface area contributed by atoms with Gasteiger partial charge in [0, 0.05) is 22.1 Å². The predicted molar refractivity (Wildman–Crippen MR) is 81.5 cm³/mol. The van der Waals surface area contributed by atoms with E-state index in [-0.39, 0.29) is 5.57 Å². The number of aromatic nitrogens is 1. The molecule has 0 aliphatic rings. The van der Waals surface area contributed by atoms with Crippen LogP contribution in [0.5, 0.6) is 0 Å². The van der Waals surface area contributed by atoms with Crippen LogP contribution in [0.2, 0.25) is 5.02 Å². The van der Waals surface area contributed by atoms with Crippen LogP contribution >= 0.6 is 11.6 Å². The molecule has 0 spiro atoms. The molecule has 1 heterocycles. The van der Waals surface area contributed by atoms with Gasteiger partial charge in [0.05, 0.1) is 0 Å². The molecule has 0 saturated carbocycles. The molecule has 0 saturated heterocycles. The number of carboxylic acid groups (broad SMARTS) is 1. The monoisotopic (exact) mass is 300 g/mol. The number of hydrogen-bond acceptors (Lipinski definition) is 2. The van der Waals surface area contributed by atoms with Crippen LogP contribution in [0, 0.1) is 25.2 Å². The van der Waals surface area contributed by atoms with Gasteiger partial charge in [0.25, 0.3) is 0 Å². The van der Waals surface area contributed by atoms with Gasteiger partial charge in [-0.05, 0) is 49.8 Å². The highest BCUT2D eigenvalue weighted by Crippen LogP contribution is 2.24. The van der Waals surface area contributed by atoms with Crippen molar-refractivity contribution >= 4 is 23.6 Å². The minimum Gasteiger partial charge on any atom is -0.477 e. The zero-order chi connectivity index (χ0) is 15.6. The molecule has 4 nitrogen and oxygen atoms in total. The third-order valence-electron chi connectivity index (χ3n) is 3.19. The highest BCUT2D eigenvalue weighted by atomic mass is 35.5. The van der Waals surface area contributed by atoms with Crippen molar-refractivity contribution < 1.29 is 9.90 Å². The number of rotatable bonds is 3. The quantitative estimate of drug-likeness (QED) is 0.693. The van der Waals surface area contributed by atoms with Gasteiger partial charge in [-0.25, -0.2) is 4.79 Å². The number of nitrogens with zero attached hydrogens (tertiary/aromatic N) is 2. The Balaban J connectivity index is 2.58. The number of carboxylic acids is 1. The number of hydrogen-bond donors (Lipinski definition) is 1. The standard InChI is InChI=1S/C16H13ClN2O2/c1-10-6-12(7-13(9-18)16(20)21)11(2)19(10)15-5-3-4-14(17)8-15/h3-8H,1-2H3,(H,20,21). The van der Waals surface area contributed by atoms with Crippen LogP contribution in [-0.2, 0) is 4.79 Å². The van der Waals surface area contributed by atoms with Crippen molar-refractivity contribution in [2.24, 2.45) is 0 Å². The summed E-state index contributed by atoms with van der Waals surface area (Å²) in [7, 11) is 0. The lowest BCUT2D eigenvalue weighted by Crippen LogP contribution is -2.00. The number of aryl methyl sites for hydroxylation is 1. The number of carbonyl (C=O) groups is 1. The van der Waals surface area contributed by atoms with Crippen molar-refractivity contribution in [2.45, 2.75) is 13.8 Å². The van der Waals surface area contributed by atoms with Crippen molar-refractivity contribution in [1.82, 2.24) is 4.57 Å². The first-order chi connectivity index (χ1) is 9.93. The molecule has 0 atom stereocenters. The maximum Gasteiger partial charge on any atom is 0.346 e. The Morgan fingerprint density at radius 3 is 2.67 bits per heavy atom. The molecule has 1 aromatic heterocycles. The van der Waals surface area contributed by atoms with Crippen LogP contribution < -0.4 is 0 Å². The molecule has 0 unspecified atom stereocenters. The van der Waals surface area contributed by atoms with Crippen LogP contribution in [0.3, 0.4) is 0 Å². The third-order valence-corrected chi connectivity index (χ3v) is 3.42. The van der Waals surface area contributed by atoms with Crippen LogP contribution in [-0.4, -0.2) is 15.6 Å². The van der Waals surface area contributed by atoms with E-state index in [1.165, 1.54) is 6.08 Å². The molecule has 0 aliphatic carbocycles. The van der Waals surface area contributed by atoms with Crippen molar-refractivity contribution in [3.05, 3.63) is 57.9 Å². The van der Waals surface area contributed by atoms with Gasteiger partial charge < -0.3 is 9.67 Å². The largest absolute Gasteiger partial charge is 0.477 e. The average Bonchev–Trinajstić information content (AvgIpc) is 2.70. The van der Waals surface area contributed by atoms with Crippen molar-refractivity contribution in [3.8, 4) is 11.8 Å². The summed E-state index contributed by atoms with van der Waals surface area (Å²) in [6.07, 6.45) is 1.38. The SMILES string of the molecule is Cc1cc(C=C(C#N)C(=O)O)c(C)n1-c1cccc(Cl)c1. The van der Waals surface area contributed by atoms with E-state index in [9.17, 15) is 4.79 Å². The zero-order valence-electron chi connectivity index (χ0n) is 11.6. The summed E-state index contributed by atoms with van der Waals surface area (Å²) in [5.74, 6) is -1.23. The van der Waals surface area contributed by atoms with E-state index < -0.39 is 5.97 Å². The summed E-state index contributed by atoms with van der Waals surface area (Å²) in [5, 5.41) is 18.4. The molecule has 1 aromatic carbocycles. The van der Waals surface area contributed by atoms with E-state index in [1.54, 1.807) is 12.1 Å². The fourth-order valence-corrected chi connectivity index (χ4v) is 2.43. The number of halogens is 1. The van der Waals surface area contributed by atoms with E-state index in [2.05, 4.69) is 0 Å². The second-order valence-corrected chi connectivity index (χ2v) is 5.05. The Kier molecular flexibility index (Phi) is 4.15. The predicted octanol–water partition coefficient (Wildman–Crippen LogP) is 3.74. The second-order valence-electron chi connectivity index (χ2n) is 4.62. The Morgan fingerprint density at radius 1 is 1.38 bits per heavy atom. The van der Waals surface area contributed by atoms with Crippen molar-refractivity contribution in [1.29, 1.82) is 5.26 Å². The van der Waals surface area contributed by atoms with Crippen LogP contribution in [0.15, 0.2) is 35.9 Å². The summed E-state index contributed by atoms with van der Waals surface area (Å²) in [4.78, 5) is 10.9. The molecule has 5 heteroatoms. The van der Waals surface area contributed by atoms with Gasteiger partial charge in [0.15, 0.2) is 0 Å². The first-order valence-electron chi connectivity index (χ1n) is 6.24. The van der Waals surface area contributed by atoms with Crippen LogP contribution in [0.4, 0.5) is 0 Å². The van der Waals surface area contributed by atoms with Gasteiger partial charge in [-0.1, -0.05) is 17.7 Å². The lowest BCUT2D eigenvalue weighted by molar-refractivity contribution is -0.132. The zero-order valence-corrected chi connectivity index (χ0v) is 12.3. The minimum absolute atomic E-state index is 0.290. The van der Waals surface area contributed by atoms with E-state index in [0.29, 0.717) is 10.6 Å². The molecule has 0 radical (unpaired) electrons. The maximum atomic E-state index is 10.9. The van der Waals surface area contributed by atoms with E-state index in [0.717, 1.165) is 17.1 Å². The molecule has 0 amide bonds. The lowest BCUT2D eigenvalue weighted by atomic mass is 10.1. The normalized spacial score (nSPS) is 11.2. The highest BCUT2D eigenvalue weighted by Gasteiger charge is 2.12. The van der Waals surface area contributed by atoms with E-state index >= 15 is 0 Å². The molecule has 1 N–H and O–H groups in total. The van der Waals surface area contributed by atoms with Gasteiger partial charge in [0.2, 0.25) is 0 Å². The van der Waals surface area contributed by atoms with E-state index in [4.69, 9.17) is 22.0 Å². The Bertz CT molecular complexity index is 782. The minimum atomic E-state index is -1.23. The van der Waals surface area contributed by atoms with Crippen LogP contribution in [0.1, 0.15) is 17.0 Å². The molecule has 2 rings (SSSR count). The number of benzene rings is 1. The summed E-state index contributed by atoms with van der Waals surface area (Å²) < 4.78 is 1.97. The summed E-state index contributed by atoms with van der Waals surface area (Å²) in [6.45, 7) is 3.79. The van der Waals surface area contributed by atoms with Crippen LogP contribution in [0.25, 0.3) is 11.8 Å². The first-order valence-corrected chi connectivity index (χ1v) is 6.62. The molecule has 0 fully saturated rings. The van der Waals surface area contributed by atoms with Gasteiger partial charge in [-0.3, -0.25) is 0 Å². The van der Waals surface area contributed by atoms with Gasteiger partial charge in [0.1, 0.15) is 11.6 Å². The lowest BCUT2D eigenvalue weighted by Gasteiger charge is -2.09. The maximum absolute atomic E-state index is 10.9. The summed E-state index contributed by atoms with van der Waals surface area (Å²) in [5.41, 5.74) is 3.09. The Labute approximate surface area is 127 Å². The van der Waals surface area contributed by atoms with Gasteiger partial charge >= 0.3 is 5.97 Å². The smallest absolute Gasteiger partial charge is 0.346 e. The fraction of sp³-hybridized carbons (Fsp3) is 0.125. The highest BCUT2D eigenvalue weighted by molar-refractivity contribution is 6.30. The molecule has 21 heavy (non-hydrogen) atoms. The molecular weight excluding hydrogens is 288 g/mol. The Hall–Kier alpha value is -2.51. The molecule has 2 aromatic rings. The van der Waals surface area contributed by atoms with Crippen molar-refractivity contribution in [2.75, 3.05) is 0 Å². The number of nitriles is 1. The molecule has 0 aliphatic heterocycles. The molecular formula is C16H13ClN2O2. The first kappa shape index (κ1) is 14.9. The van der Waals surface area contributed by atoms with Gasteiger partial charge in [-0.2, -0.15) is 5.26 Å². The molecule has 0 bridgehead atoms.